The van der Waals surface area contributed by atoms with Crippen LogP contribution in [0.25, 0.3) is 20.8 Å². The van der Waals surface area contributed by atoms with Crippen molar-refractivity contribution in [1.82, 2.24) is 19.9 Å². The third-order valence-electron chi connectivity index (χ3n) is 6.63. The SMILES string of the molecule is CCc1nccc2sc(-c3c(C)nc(NCC4CC4)nc3N[C@@H]3C[C@H](CO)[C@@H](O)[C@H]3O)nc12. The van der Waals surface area contributed by atoms with Crippen LogP contribution >= 0.6 is 11.3 Å². The van der Waals surface area contributed by atoms with Gasteiger partial charge >= 0.3 is 0 Å². The molecule has 3 heterocycles. The van der Waals surface area contributed by atoms with E-state index in [4.69, 9.17) is 15.0 Å². The Hall–Kier alpha value is -2.40. The number of aliphatic hydroxyl groups excluding tert-OH is 3. The largest absolute Gasteiger partial charge is 0.396 e. The second kappa shape index (κ2) is 9.09. The number of aromatic nitrogens is 4. The molecule has 3 aromatic heterocycles. The van der Waals surface area contributed by atoms with Crippen molar-refractivity contribution in [1.29, 1.82) is 0 Å². The maximum atomic E-state index is 10.6. The van der Waals surface area contributed by atoms with E-state index in [2.05, 4.69) is 22.5 Å². The van der Waals surface area contributed by atoms with E-state index in [1.807, 2.05) is 19.2 Å². The summed E-state index contributed by atoms with van der Waals surface area (Å²) in [6.07, 6.45) is 3.51. The van der Waals surface area contributed by atoms with Gasteiger partial charge in [-0.1, -0.05) is 6.92 Å². The fourth-order valence-electron chi connectivity index (χ4n) is 4.47. The van der Waals surface area contributed by atoms with Gasteiger partial charge in [-0.2, -0.15) is 4.98 Å². The predicted molar refractivity (Wildman–Crippen MR) is 128 cm³/mol. The first-order valence-corrected chi connectivity index (χ1v) is 12.4. The van der Waals surface area contributed by atoms with Crippen LogP contribution < -0.4 is 10.6 Å². The molecule has 2 aliphatic carbocycles. The minimum absolute atomic E-state index is 0.176. The van der Waals surface area contributed by atoms with E-state index in [0.717, 1.165) is 45.1 Å². The molecule has 0 aromatic carbocycles. The maximum Gasteiger partial charge on any atom is 0.224 e. The van der Waals surface area contributed by atoms with Crippen molar-refractivity contribution in [2.45, 2.75) is 57.8 Å². The lowest BCUT2D eigenvalue weighted by atomic mass is 10.1. The number of hydrogen-bond acceptors (Lipinski definition) is 10. The summed E-state index contributed by atoms with van der Waals surface area (Å²) >= 11 is 1.56. The molecule has 2 saturated carbocycles. The number of hydrogen-bond donors (Lipinski definition) is 5. The summed E-state index contributed by atoms with van der Waals surface area (Å²) in [5, 5.41) is 37.9. The van der Waals surface area contributed by atoms with E-state index in [1.165, 1.54) is 12.8 Å². The lowest BCUT2D eigenvalue weighted by molar-refractivity contribution is 0.00446. The molecule has 0 saturated heterocycles. The fraction of sp³-hybridized carbons (Fsp3) is 0.565. The zero-order chi connectivity index (χ0) is 23.1. The van der Waals surface area contributed by atoms with Gasteiger partial charge in [0, 0.05) is 25.3 Å². The summed E-state index contributed by atoms with van der Waals surface area (Å²) in [4.78, 5) is 18.8. The summed E-state index contributed by atoms with van der Waals surface area (Å²) in [6.45, 7) is 4.66. The van der Waals surface area contributed by atoms with E-state index in [9.17, 15) is 15.3 Å². The van der Waals surface area contributed by atoms with Gasteiger partial charge in [0.25, 0.3) is 0 Å². The highest BCUT2D eigenvalue weighted by atomic mass is 32.1. The van der Waals surface area contributed by atoms with E-state index >= 15 is 0 Å². The molecule has 10 heteroatoms. The molecular weight excluding hydrogens is 440 g/mol. The average Bonchev–Trinajstić information content (AvgIpc) is 3.48. The molecule has 5 N–H and O–H groups in total. The number of thiazole rings is 1. The van der Waals surface area contributed by atoms with Crippen LogP contribution in [0.1, 0.15) is 37.6 Å². The molecular formula is C23H30N6O3S. The second-order valence-corrected chi connectivity index (χ2v) is 10.1. The van der Waals surface area contributed by atoms with Gasteiger partial charge < -0.3 is 26.0 Å². The Balaban J connectivity index is 1.55. The Bertz CT molecular complexity index is 1150. The normalized spacial score (nSPS) is 25.0. The van der Waals surface area contributed by atoms with Gasteiger partial charge in [0.1, 0.15) is 22.4 Å². The van der Waals surface area contributed by atoms with Crippen LogP contribution in [0.4, 0.5) is 11.8 Å². The minimum atomic E-state index is -1.00. The minimum Gasteiger partial charge on any atom is -0.396 e. The van der Waals surface area contributed by atoms with Crippen LogP contribution in [-0.2, 0) is 6.42 Å². The maximum absolute atomic E-state index is 10.6. The summed E-state index contributed by atoms with van der Waals surface area (Å²) in [5.74, 6) is 1.40. The number of aliphatic hydroxyl groups is 3. The summed E-state index contributed by atoms with van der Waals surface area (Å²) in [7, 11) is 0. The van der Waals surface area contributed by atoms with Crippen LogP contribution in [0.3, 0.4) is 0 Å². The first-order chi connectivity index (χ1) is 16.0. The van der Waals surface area contributed by atoms with Crippen LogP contribution in [0.2, 0.25) is 0 Å². The van der Waals surface area contributed by atoms with E-state index < -0.39 is 18.2 Å². The fourth-order valence-corrected chi connectivity index (χ4v) is 5.55. The van der Waals surface area contributed by atoms with Crippen LogP contribution in [0.5, 0.6) is 0 Å². The molecule has 0 spiro atoms. The van der Waals surface area contributed by atoms with Crippen molar-refractivity contribution in [3.63, 3.8) is 0 Å². The molecule has 2 aliphatic rings. The summed E-state index contributed by atoms with van der Waals surface area (Å²) < 4.78 is 1.05. The van der Waals surface area contributed by atoms with Gasteiger partial charge in [-0.05, 0) is 44.6 Å². The Morgan fingerprint density at radius 2 is 1.97 bits per heavy atom. The smallest absolute Gasteiger partial charge is 0.224 e. The molecule has 0 amide bonds. The monoisotopic (exact) mass is 470 g/mol. The molecule has 9 nitrogen and oxygen atoms in total. The van der Waals surface area contributed by atoms with Crippen LogP contribution in [0, 0.1) is 18.8 Å². The van der Waals surface area contributed by atoms with E-state index in [1.54, 1.807) is 11.3 Å². The van der Waals surface area contributed by atoms with Gasteiger partial charge in [0.15, 0.2) is 0 Å². The van der Waals surface area contributed by atoms with Crippen molar-refractivity contribution in [3.8, 4) is 10.6 Å². The van der Waals surface area contributed by atoms with Gasteiger partial charge in [-0.3, -0.25) is 4.98 Å². The third-order valence-corrected chi connectivity index (χ3v) is 7.66. The molecule has 2 fully saturated rings. The number of rotatable bonds is 8. The first-order valence-electron chi connectivity index (χ1n) is 11.6. The highest BCUT2D eigenvalue weighted by Crippen LogP contribution is 2.39. The predicted octanol–water partition coefficient (Wildman–Crippen LogP) is 2.36. The number of nitrogens with one attached hydrogen (secondary N) is 2. The van der Waals surface area contributed by atoms with Crippen molar-refractivity contribution in [2.24, 2.45) is 11.8 Å². The number of pyridine rings is 1. The quantitative estimate of drug-likeness (QED) is 0.336. The zero-order valence-electron chi connectivity index (χ0n) is 18.8. The van der Waals surface area contributed by atoms with Crippen molar-refractivity contribution >= 4 is 33.3 Å². The lowest BCUT2D eigenvalue weighted by Crippen LogP contribution is -2.35. The van der Waals surface area contributed by atoms with Crippen molar-refractivity contribution in [2.75, 3.05) is 23.8 Å². The average molecular weight is 471 g/mol. The molecule has 0 radical (unpaired) electrons. The summed E-state index contributed by atoms with van der Waals surface area (Å²) in [6, 6.07) is 1.52. The van der Waals surface area contributed by atoms with Crippen molar-refractivity contribution < 1.29 is 15.3 Å². The van der Waals surface area contributed by atoms with E-state index in [0.29, 0.717) is 24.1 Å². The summed E-state index contributed by atoms with van der Waals surface area (Å²) in [5.41, 5.74) is 3.40. The standard InChI is InChI=1S/C23H30N6O3S/c1-3-14-18-16(6-7-24-14)33-22(28-18)17-11(2)26-23(25-9-12-4-5-12)29-21(17)27-15-8-13(10-30)19(31)20(15)32/h6-7,12-13,15,19-20,30-32H,3-5,8-10H2,1-2H3,(H2,25,26,27,29)/t13-,15-,19-,20+/m1/s1. The Labute approximate surface area is 196 Å². The topological polar surface area (TPSA) is 136 Å². The first kappa shape index (κ1) is 22.4. The highest BCUT2D eigenvalue weighted by Gasteiger charge is 2.41. The zero-order valence-corrected chi connectivity index (χ0v) is 19.6. The molecule has 5 rings (SSSR count). The number of aryl methyl sites for hydroxylation is 2. The van der Waals surface area contributed by atoms with Gasteiger partial charge in [-0.25, -0.2) is 9.97 Å². The highest BCUT2D eigenvalue weighted by molar-refractivity contribution is 7.21. The number of nitrogens with zero attached hydrogens (tertiary/aromatic N) is 4. The van der Waals surface area contributed by atoms with Crippen LogP contribution in [0.15, 0.2) is 12.3 Å². The van der Waals surface area contributed by atoms with Crippen LogP contribution in [-0.4, -0.2) is 66.7 Å². The van der Waals surface area contributed by atoms with E-state index in [-0.39, 0.29) is 12.5 Å². The Kier molecular flexibility index (Phi) is 6.17. The lowest BCUT2D eigenvalue weighted by Gasteiger charge is -2.21. The molecule has 0 bridgehead atoms. The Morgan fingerprint density at radius 3 is 2.67 bits per heavy atom. The number of fused-ring (bicyclic) bond motifs is 1. The van der Waals surface area contributed by atoms with Gasteiger partial charge in [0.05, 0.1) is 33.8 Å². The third kappa shape index (κ3) is 4.40. The molecule has 33 heavy (non-hydrogen) atoms. The molecule has 4 atom stereocenters. The van der Waals surface area contributed by atoms with Gasteiger partial charge in [0.2, 0.25) is 5.95 Å². The number of anilines is 2. The van der Waals surface area contributed by atoms with Crippen molar-refractivity contribution in [3.05, 3.63) is 23.7 Å². The molecule has 0 aliphatic heterocycles. The Morgan fingerprint density at radius 1 is 1.15 bits per heavy atom. The van der Waals surface area contributed by atoms with Gasteiger partial charge in [-0.15, -0.1) is 11.3 Å². The molecule has 3 aromatic rings. The molecule has 176 valence electrons. The second-order valence-electron chi connectivity index (χ2n) is 9.07. The molecule has 0 unspecified atom stereocenters.